The lowest BCUT2D eigenvalue weighted by Crippen LogP contribution is -2.39. The van der Waals surface area contributed by atoms with Gasteiger partial charge in [-0.1, -0.05) is 24.6 Å². The lowest BCUT2D eigenvalue weighted by molar-refractivity contribution is -0.136. The number of amides is 2. The topological polar surface area (TPSA) is 75.4 Å². The third kappa shape index (κ3) is 4.56. The van der Waals surface area contributed by atoms with Crippen molar-refractivity contribution in [3.05, 3.63) is 28.8 Å². The number of benzene rings is 1. The summed E-state index contributed by atoms with van der Waals surface area (Å²) in [4.78, 5) is 25.4. The molecule has 0 heterocycles. The molecule has 1 aromatic carbocycles. The lowest BCUT2D eigenvalue weighted by Gasteiger charge is -2.21. The molecule has 0 aliphatic heterocycles. The van der Waals surface area contributed by atoms with E-state index in [2.05, 4.69) is 5.32 Å². The zero-order valence-corrected chi connectivity index (χ0v) is 13.5. The maximum atomic E-state index is 12.1. The van der Waals surface area contributed by atoms with Crippen LogP contribution in [-0.4, -0.2) is 36.9 Å². The van der Waals surface area contributed by atoms with Crippen molar-refractivity contribution >= 4 is 17.5 Å². The summed E-state index contributed by atoms with van der Waals surface area (Å²) in [7, 11) is 1.61. The first-order chi connectivity index (χ1) is 9.76. The predicted octanol–water partition coefficient (Wildman–Crippen LogP) is 1.60. The van der Waals surface area contributed by atoms with Gasteiger partial charge in [-0.2, -0.15) is 0 Å². The molecule has 116 valence electrons. The first-order valence-electron chi connectivity index (χ1n) is 7.09. The molecule has 0 aliphatic rings. The molecule has 3 N–H and O–H groups in total. The number of likely N-dealkylation sites (N-methyl/N-ethyl adjacent to an activating group) is 1. The Kier molecular flexibility index (Phi) is 5.90. The quantitative estimate of drug-likeness (QED) is 0.865. The molecule has 0 aliphatic carbocycles. The van der Waals surface area contributed by atoms with Crippen LogP contribution in [0.15, 0.2) is 12.1 Å². The van der Waals surface area contributed by atoms with Crippen molar-refractivity contribution in [2.45, 2.75) is 27.7 Å². The summed E-state index contributed by atoms with van der Waals surface area (Å²) >= 11 is 0. The van der Waals surface area contributed by atoms with Crippen molar-refractivity contribution in [1.82, 2.24) is 4.90 Å². The van der Waals surface area contributed by atoms with Gasteiger partial charge in [0, 0.05) is 25.2 Å². The molecular formula is C16H25N3O2. The molecule has 1 rings (SSSR count). The van der Waals surface area contributed by atoms with Gasteiger partial charge in [0.1, 0.15) is 0 Å². The van der Waals surface area contributed by atoms with Gasteiger partial charge in [-0.15, -0.1) is 0 Å². The fourth-order valence-corrected chi connectivity index (χ4v) is 2.33. The van der Waals surface area contributed by atoms with Gasteiger partial charge in [0.05, 0.1) is 6.54 Å². The fourth-order valence-electron chi connectivity index (χ4n) is 2.33. The predicted molar refractivity (Wildman–Crippen MR) is 85.1 cm³/mol. The second-order valence-corrected chi connectivity index (χ2v) is 5.65. The molecule has 21 heavy (non-hydrogen) atoms. The number of carbonyl (C=O) groups excluding carboxylic acids is 2. The molecule has 1 atom stereocenters. The Hall–Kier alpha value is -1.88. The van der Waals surface area contributed by atoms with Crippen LogP contribution >= 0.6 is 0 Å². The number of nitrogens with zero attached hydrogens (tertiary/aromatic N) is 1. The third-order valence-electron chi connectivity index (χ3n) is 3.47. The molecule has 0 saturated heterocycles. The van der Waals surface area contributed by atoms with Crippen molar-refractivity contribution in [2.24, 2.45) is 11.7 Å². The molecule has 0 fully saturated rings. The smallest absolute Gasteiger partial charge is 0.243 e. The molecule has 0 spiro atoms. The highest BCUT2D eigenvalue weighted by molar-refractivity contribution is 5.96. The molecule has 0 radical (unpaired) electrons. The number of rotatable bonds is 5. The molecule has 0 saturated carbocycles. The number of nitrogens with one attached hydrogen (secondary N) is 1. The molecule has 2 amide bonds. The zero-order chi connectivity index (χ0) is 16.2. The Morgan fingerprint density at radius 3 is 2.24 bits per heavy atom. The van der Waals surface area contributed by atoms with E-state index in [-0.39, 0.29) is 30.8 Å². The molecule has 1 unspecified atom stereocenters. The van der Waals surface area contributed by atoms with E-state index in [0.29, 0.717) is 0 Å². The summed E-state index contributed by atoms with van der Waals surface area (Å²) in [5.74, 6) is -0.597. The second-order valence-electron chi connectivity index (χ2n) is 5.65. The largest absolute Gasteiger partial charge is 0.336 e. The summed E-state index contributed by atoms with van der Waals surface area (Å²) in [5, 5.41) is 2.88. The van der Waals surface area contributed by atoms with Gasteiger partial charge in [-0.3, -0.25) is 9.59 Å². The van der Waals surface area contributed by atoms with Crippen LogP contribution in [-0.2, 0) is 9.59 Å². The number of hydrogen-bond donors (Lipinski definition) is 2. The summed E-state index contributed by atoms with van der Waals surface area (Å²) < 4.78 is 0. The highest BCUT2D eigenvalue weighted by Crippen LogP contribution is 2.21. The number of carbonyl (C=O) groups is 2. The van der Waals surface area contributed by atoms with Gasteiger partial charge in [-0.25, -0.2) is 0 Å². The average molecular weight is 291 g/mol. The maximum absolute atomic E-state index is 12.1. The highest BCUT2D eigenvalue weighted by atomic mass is 16.2. The minimum Gasteiger partial charge on any atom is -0.336 e. The average Bonchev–Trinajstić information content (AvgIpc) is 2.40. The monoisotopic (exact) mass is 291 g/mol. The second kappa shape index (κ2) is 7.22. The van der Waals surface area contributed by atoms with Crippen LogP contribution < -0.4 is 11.1 Å². The maximum Gasteiger partial charge on any atom is 0.243 e. The van der Waals surface area contributed by atoms with Crippen molar-refractivity contribution < 1.29 is 9.59 Å². The van der Waals surface area contributed by atoms with Gasteiger partial charge >= 0.3 is 0 Å². The van der Waals surface area contributed by atoms with Gasteiger partial charge in [0.2, 0.25) is 11.8 Å². The van der Waals surface area contributed by atoms with E-state index in [0.717, 1.165) is 22.4 Å². The number of hydrogen-bond acceptors (Lipinski definition) is 3. The van der Waals surface area contributed by atoms with E-state index in [1.54, 1.807) is 14.0 Å². The normalized spacial score (nSPS) is 11.9. The van der Waals surface area contributed by atoms with Crippen LogP contribution in [0.5, 0.6) is 0 Å². The Balaban J connectivity index is 2.73. The van der Waals surface area contributed by atoms with E-state index >= 15 is 0 Å². The number of aryl methyl sites for hydroxylation is 3. The third-order valence-corrected chi connectivity index (χ3v) is 3.47. The Labute approximate surface area is 126 Å². The van der Waals surface area contributed by atoms with Gasteiger partial charge in [-0.05, 0) is 31.9 Å². The van der Waals surface area contributed by atoms with Crippen LogP contribution in [0.2, 0.25) is 0 Å². The molecule has 0 bridgehead atoms. The molecule has 5 nitrogen and oxygen atoms in total. The molecule has 0 aromatic heterocycles. The van der Waals surface area contributed by atoms with Crippen LogP contribution in [0.3, 0.4) is 0 Å². The molecule has 1 aromatic rings. The van der Waals surface area contributed by atoms with Crippen molar-refractivity contribution in [1.29, 1.82) is 0 Å². The first kappa shape index (κ1) is 17.2. The Morgan fingerprint density at radius 2 is 1.76 bits per heavy atom. The van der Waals surface area contributed by atoms with Crippen molar-refractivity contribution in [3.8, 4) is 0 Å². The lowest BCUT2D eigenvalue weighted by atomic mass is 10.1. The van der Waals surface area contributed by atoms with Gasteiger partial charge in [0.15, 0.2) is 0 Å². The van der Waals surface area contributed by atoms with E-state index in [9.17, 15) is 9.59 Å². The van der Waals surface area contributed by atoms with E-state index in [4.69, 9.17) is 5.73 Å². The van der Waals surface area contributed by atoms with Crippen molar-refractivity contribution in [2.75, 3.05) is 25.5 Å². The van der Waals surface area contributed by atoms with Crippen LogP contribution in [0.25, 0.3) is 0 Å². The Bertz CT molecular complexity index is 517. The summed E-state index contributed by atoms with van der Waals surface area (Å²) in [6.07, 6.45) is 0. The van der Waals surface area contributed by atoms with Crippen LogP contribution in [0.4, 0.5) is 5.69 Å². The standard InChI is InChI=1S/C16H25N3O2/c1-10-6-11(2)15(12(3)7-10)18-14(20)9-19(5)16(21)13(4)8-17/h6-7,13H,8-9,17H2,1-5H3,(H,18,20). The van der Waals surface area contributed by atoms with Crippen molar-refractivity contribution in [3.63, 3.8) is 0 Å². The Morgan fingerprint density at radius 1 is 1.24 bits per heavy atom. The fraction of sp³-hybridized carbons (Fsp3) is 0.500. The summed E-state index contributed by atoms with van der Waals surface area (Å²) in [6.45, 7) is 8.00. The summed E-state index contributed by atoms with van der Waals surface area (Å²) in [6, 6.07) is 4.04. The van der Waals surface area contributed by atoms with E-state index in [1.807, 2.05) is 32.9 Å². The van der Waals surface area contributed by atoms with Crippen LogP contribution in [0, 0.1) is 26.7 Å². The SMILES string of the molecule is Cc1cc(C)c(NC(=O)CN(C)C(=O)C(C)CN)c(C)c1. The number of nitrogens with two attached hydrogens (primary N) is 1. The van der Waals surface area contributed by atoms with Gasteiger partial charge in [0.25, 0.3) is 0 Å². The highest BCUT2D eigenvalue weighted by Gasteiger charge is 2.18. The number of anilines is 1. The minimum absolute atomic E-state index is 0.0237. The first-order valence-corrected chi connectivity index (χ1v) is 7.09. The van der Waals surface area contributed by atoms with E-state index in [1.165, 1.54) is 4.90 Å². The van der Waals surface area contributed by atoms with Gasteiger partial charge < -0.3 is 16.0 Å². The molecule has 5 heteroatoms. The zero-order valence-electron chi connectivity index (χ0n) is 13.5. The van der Waals surface area contributed by atoms with Crippen LogP contribution in [0.1, 0.15) is 23.6 Å². The summed E-state index contributed by atoms with van der Waals surface area (Å²) in [5.41, 5.74) is 9.49. The van der Waals surface area contributed by atoms with E-state index < -0.39 is 0 Å². The minimum atomic E-state index is -0.273. The molecular weight excluding hydrogens is 266 g/mol.